The Kier molecular flexibility index (Phi) is 2.76. The predicted octanol–water partition coefficient (Wildman–Crippen LogP) is 3.73. The molecule has 0 radical (unpaired) electrons. The van der Waals surface area contributed by atoms with E-state index in [1.54, 1.807) is 11.3 Å². The van der Waals surface area contributed by atoms with Crippen molar-refractivity contribution in [1.82, 2.24) is 5.16 Å². The Morgan fingerprint density at radius 3 is 2.56 bits per heavy atom. The molecule has 0 amide bonds. The van der Waals surface area contributed by atoms with Crippen LogP contribution in [0.3, 0.4) is 0 Å². The smallest absolute Gasteiger partial charge is 0.226 e. The van der Waals surface area contributed by atoms with Crippen LogP contribution in [0.25, 0.3) is 10.6 Å². The van der Waals surface area contributed by atoms with Gasteiger partial charge in [-0.05, 0) is 31.4 Å². The molecule has 0 aliphatic heterocycles. The highest BCUT2D eigenvalue weighted by Gasteiger charge is 2.19. The summed E-state index contributed by atoms with van der Waals surface area (Å²) in [6, 6.07) is 2.14. The second-order valence-corrected chi connectivity index (χ2v) is 5.57. The zero-order chi connectivity index (χ0) is 11.9. The van der Waals surface area contributed by atoms with Crippen LogP contribution in [0.15, 0.2) is 10.6 Å². The average Bonchev–Trinajstić information content (AvgIpc) is 2.71. The Bertz CT molecular complexity index is 492. The Hall–Kier alpha value is -1.29. The van der Waals surface area contributed by atoms with E-state index in [1.807, 2.05) is 0 Å². The number of nitrogens with two attached hydrogens (primary N) is 1. The Morgan fingerprint density at radius 1 is 1.38 bits per heavy atom. The third-order valence-electron chi connectivity index (χ3n) is 2.73. The van der Waals surface area contributed by atoms with Crippen LogP contribution in [0.2, 0.25) is 0 Å². The van der Waals surface area contributed by atoms with Gasteiger partial charge < -0.3 is 10.3 Å². The first-order valence-corrected chi connectivity index (χ1v) is 6.14. The van der Waals surface area contributed by atoms with E-state index < -0.39 is 0 Å². The van der Waals surface area contributed by atoms with Crippen LogP contribution in [0.1, 0.15) is 35.8 Å². The molecule has 0 aliphatic carbocycles. The van der Waals surface area contributed by atoms with E-state index in [0.717, 1.165) is 16.1 Å². The molecule has 0 aromatic carbocycles. The third-order valence-corrected chi connectivity index (χ3v) is 3.89. The van der Waals surface area contributed by atoms with Gasteiger partial charge in [-0.25, -0.2) is 0 Å². The molecule has 0 fully saturated rings. The van der Waals surface area contributed by atoms with E-state index >= 15 is 0 Å². The van der Waals surface area contributed by atoms with E-state index in [0.29, 0.717) is 11.8 Å². The quantitative estimate of drug-likeness (QED) is 0.864. The van der Waals surface area contributed by atoms with Gasteiger partial charge >= 0.3 is 0 Å². The minimum absolute atomic E-state index is 0.323. The first kappa shape index (κ1) is 11.2. The maximum atomic E-state index is 5.80. The largest absolute Gasteiger partial charge is 0.367 e. The summed E-state index contributed by atoms with van der Waals surface area (Å²) < 4.78 is 5.09. The highest BCUT2D eigenvalue weighted by Crippen LogP contribution is 2.37. The summed E-state index contributed by atoms with van der Waals surface area (Å²) in [5.41, 5.74) is 9.00. The monoisotopic (exact) mass is 236 g/mol. The second kappa shape index (κ2) is 3.94. The van der Waals surface area contributed by atoms with E-state index in [4.69, 9.17) is 10.3 Å². The molecule has 2 aromatic heterocycles. The lowest BCUT2D eigenvalue weighted by atomic mass is 10.0. The standard InChI is InChI=1S/C12H16N2OS/c1-6(2)10-11(14-15-12(10)13)9-5-7(3)8(4)16-9/h5-6H,13H2,1-4H3. The molecular formula is C12H16N2OS. The van der Waals surface area contributed by atoms with Crippen molar-refractivity contribution in [2.24, 2.45) is 0 Å². The molecule has 16 heavy (non-hydrogen) atoms. The maximum absolute atomic E-state index is 5.80. The van der Waals surface area contributed by atoms with Gasteiger partial charge in [0.25, 0.3) is 0 Å². The molecular weight excluding hydrogens is 220 g/mol. The number of rotatable bonds is 2. The Labute approximate surface area is 99.3 Å². The number of nitrogens with zero attached hydrogens (tertiary/aromatic N) is 1. The fourth-order valence-corrected chi connectivity index (χ4v) is 2.76. The van der Waals surface area contributed by atoms with Crippen molar-refractivity contribution in [3.8, 4) is 10.6 Å². The van der Waals surface area contributed by atoms with Crippen LogP contribution in [0.5, 0.6) is 0 Å². The summed E-state index contributed by atoms with van der Waals surface area (Å²) in [5, 5.41) is 4.07. The summed E-state index contributed by atoms with van der Waals surface area (Å²) in [5.74, 6) is 0.762. The van der Waals surface area contributed by atoms with Gasteiger partial charge in [-0.15, -0.1) is 11.3 Å². The molecule has 0 aliphatic rings. The predicted molar refractivity (Wildman–Crippen MR) is 67.8 cm³/mol. The van der Waals surface area contributed by atoms with Crippen molar-refractivity contribution in [3.63, 3.8) is 0 Å². The van der Waals surface area contributed by atoms with E-state index in [9.17, 15) is 0 Å². The zero-order valence-corrected chi connectivity index (χ0v) is 10.8. The topological polar surface area (TPSA) is 52.0 Å². The van der Waals surface area contributed by atoms with Crippen molar-refractivity contribution in [1.29, 1.82) is 0 Å². The first-order chi connectivity index (χ1) is 7.50. The van der Waals surface area contributed by atoms with Gasteiger partial charge in [-0.3, -0.25) is 0 Å². The van der Waals surface area contributed by atoms with Gasteiger partial charge in [0.05, 0.1) is 4.88 Å². The van der Waals surface area contributed by atoms with Crippen LogP contribution in [-0.4, -0.2) is 5.16 Å². The second-order valence-electron chi connectivity index (χ2n) is 4.31. The van der Waals surface area contributed by atoms with E-state index in [2.05, 4.69) is 38.9 Å². The molecule has 0 unspecified atom stereocenters. The zero-order valence-electron chi connectivity index (χ0n) is 10.00. The van der Waals surface area contributed by atoms with Crippen LogP contribution in [0, 0.1) is 13.8 Å². The molecule has 4 heteroatoms. The molecule has 0 saturated carbocycles. The van der Waals surface area contributed by atoms with Crippen molar-refractivity contribution in [2.45, 2.75) is 33.6 Å². The molecule has 0 atom stereocenters. The van der Waals surface area contributed by atoms with Crippen LogP contribution in [0.4, 0.5) is 5.88 Å². The summed E-state index contributed by atoms with van der Waals surface area (Å²) in [6.07, 6.45) is 0. The number of hydrogen-bond donors (Lipinski definition) is 1. The molecule has 2 aromatic rings. The van der Waals surface area contributed by atoms with Gasteiger partial charge in [0.2, 0.25) is 5.88 Å². The maximum Gasteiger partial charge on any atom is 0.226 e. The Balaban J connectivity index is 2.56. The van der Waals surface area contributed by atoms with Gasteiger partial charge in [0.15, 0.2) is 0 Å². The minimum atomic E-state index is 0.323. The summed E-state index contributed by atoms with van der Waals surface area (Å²) in [7, 11) is 0. The molecule has 2 N–H and O–H groups in total. The van der Waals surface area contributed by atoms with Gasteiger partial charge in [0, 0.05) is 10.4 Å². The SMILES string of the molecule is Cc1cc(-c2noc(N)c2C(C)C)sc1C. The molecule has 2 heterocycles. The lowest BCUT2D eigenvalue weighted by molar-refractivity contribution is 0.438. The highest BCUT2D eigenvalue weighted by atomic mass is 32.1. The minimum Gasteiger partial charge on any atom is -0.367 e. The molecule has 3 nitrogen and oxygen atoms in total. The number of nitrogen functional groups attached to an aromatic ring is 1. The van der Waals surface area contributed by atoms with Gasteiger partial charge in [-0.1, -0.05) is 19.0 Å². The lowest BCUT2D eigenvalue weighted by Gasteiger charge is -2.03. The fourth-order valence-electron chi connectivity index (χ4n) is 1.74. The Morgan fingerprint density at radius 2 is 2.06 bits per heavy atom. The third kappa shape index (κ3) is 1.73. The first-order valence-electron chi connectivity index (χ1n) is 5.33. The van der Waals surface area contributed by atoms with Crippen molar-refractivity contribution < 1.29 is 4.52 Å². The van der Waals surface area contributed by atoms with Gasteiger partial charge in [0.1, 0.15) is 5.69 Å². The number of aryl methyl sites for hydroxylation is 2. The van der Waals surface area contributed by atoms with E-state index in [1.165, 1.54) is 10.4 Å². The summed E-state index contributed by atoms with van der Waals surface area (Å²) in [6.45, 7) is 8.41. The lowest BCUT2D eigenvalue weighted by Crippen LogP contribution is -1.93. The number of aromatic nitrogens is 1. The molecule has 0 saturated heterocycles. The average molecular weight is 236 g/mol. The van der Waals surface area contributed by atoms with Gasteiger partial charge in [-0.2, -0.15) is 0 Å². The summed E-state index contributed by atoms with van der Waals surface area (Å²) in [4.78, 5) is 2.45. The van der Waals surface area contributed by atoms with Crippen LogP contribution >= 0.6 is 11.3 Å². The number of anilines is 1. The van der Waals surface area contributed by atoms with Crippen LogP contribution in [-0.2, 0) is 0 Å². The van der Waals surface area contributed by atoms with Crippen molar-refractivity contribution in [3.05, 3.63) is 22.1 Å². The summed E-state index contributed by atoms with van der Waals surface area (Å²) >= 11 is 1.73. The van der Waals surface area contributed by atoms with E-state index in [-0.39, 0.29) is 0 Å². The molecule has 86 valence electrons. The van der Waals surface area contributed by atoms with Crippen molar-refractivity contribution in [2.75, 3.05) is 5.73 Å². The molecule has 2 rings (SSSR count). The normalized spacial score (nSPS) is 11.3. The molecule has 0 bridgehead atoms. The fraction of sp³-hybridized carbons (Fsp3) is 0.417. The van der Waals surface area contributed by atoms with Crippen molar-refractivity contribution >= 4 is 17.2 Å². The van der Waals surface area contributed by atoms with Crippen LogP contribution < -0.4 is 5.73 Å². The highest BCUT2D eigenvalue weighted by molar-refractivity contribution is 7.15. The molecule has 0 spiro atoms. The number of hydrogen-bond acceptors (Lipinski definition) is 4. The number of thiophene rings is 1.